The Kier molecular flexibility index (Phi) is 6.31. The summed E-state index contributed by atoms with van der Waals surface area (Å²) < 4.78 is 32.7. The molecule has 2 aromatic carbocycles. The van der Waals surface area contributed by atoms with Gasteiger partial charge in [-0.3, -0.25) is 4.79 Å². The summed E-state index contributed by atoms with van der Waals surface area (Å²) in [6.45, 7) is 0.899. The van der Waals surface area contributed by atoms with Crippen molar-refractivity contribution < 1.29 is 22.7 Å². The molecule has 0 unspecified atom stereocenters. The Morgan fingerprint density at radius 3 is 2.54 bits per heavy atom. The predicted molar refractivity (Wildman–Crippen MR) is 129 cm³/mol. The molecule has 0 saturated carbocycles. The Bertz CT molecular complexity index is 1400. The third-order valence-electron chi connectivity index (χ3n) is 6.13. The number of fused-ring (bicyclic) bond motifs is 1. The van der Waals surface area contributed by atoms with Gasteiger partial charge in [-0.05, 0) is 61.2 Å². The molecule has 3 heterocycles. The van der Waals surface area contributed by atoms with Crippen LogP contribution in [-0.2, 0) is 16.4 Å². The molecule has 0 radical (unpaired) electrons. The van der Waals surface area contributed by atoms with Crippen LogP contribution in [0.2, 0.25) is 0 Å². The first kappa shape index (κ1) is 23.1. The summed E-state index contributed by atoms with van der Waals surface area (Å²) in [7, 11) is -3.78. The minimum atomic E-state index is -3.78. The van der Waals surface area contributed by atoms with E-state index in [1.807, 2.05) is 24.3 Å². The van der Waals surface area contributed by atoms with Crippen LogP contribution in [-0.4, -0.2) is 46.8 Å². The molecule has 1 atom stereocenters. The number of rotatable bonds is 7. The molecule has 10 heteroatoms. The lowest BCUT2D eigenvalue weighted by molar-refractivity contribution is 0.0901. The zero-order chi connectivity index (χ0) is 24.4. The van der Waals surface area contributed by atoms with Gasteiger partial charge in [0.25, 0.3) is 15.9 Å². The van der Waals surface area contributed by atoms with Crippen LogP contribution >= 0.6 is 0 Å². The van der Waals surface area contributed by atoms with Gasteiger partial charge in [0.2, 0.25) is 5.09 Å². The van der Waals surface area contributed by atoms with Gasteiger partial charge < -0.3 is 19.8 Å². The lowest BCUT2D eigenvalue weighted by atomic mass is 10.0. The quantitative estimate of drug-likeness (QED) is 0.359. The van der Waals surface area contributed by atoms with E-state index in [2.05, 4.69) is 15.3 Å². The van der Waals surface area contributed by atoms with E-state index in [4.69, 9.17) is 4.42 Å². The van der Waals surface area contributed by atoms with E-state index in [0.717, 1.165) is 35.9 Å². The number of imidazole rings is 1. The number of carbonyl (C=O) groups is 1. The number of furan rings is 1. The fraction of sp³-hybridized carbons (Fsp3) is 0.280. The fourth-order valence-corrected chi connectivity index (χ4v) is 5.69. The van der Waals surface area contributed by atoms with Crippen molar-refractivity contribution in [2.24, 2.45) is 0 Å². The molecule has 9 nitrogen and oxygen atoms in total. The number of para-hydroxylation sites is 2. The number of piperidine rings is 1. The molecule has 1 aliphatic rings. The predicted octanol–water partition coefficient (Wildman–Crippen LogP) is 3.75. The smallest absolute Gasteiger partial charge is 0.287 e. The number of phenols is 1. The number of H-pyrrole nitrogens is 1. The van der Waals surface area contributed by atoms with Crippen molar-refractivity contribution in [3.05, 3.63) is 77.8 Å². The summed E-state index contributed by atoms with van der Waals surface area (Å²) >= 11 is 0. The number of aromatic hydroxyl groups is 1. The Morgan fingerprint density at radius 2 is 1.80 bits per heavy atom. The van der Waals surface area contributed by atoms with E-state index in [9.17, 15) is 18.3 Å². The second kappa shape index (κ2) is 9.55. The van der Waals surface area contributed by atoms with Crippen molar-refractivity contribution in [3.63, 3.8) is 0 Å². The minimum absolute atomic E-state index is 0.0904. The number of nitrogens with one attached hydrogen (secondary N) is 2. The van der Waals surface area contributed by atoms with Crippen LogP contribution in [0.1, 0.15) is 47.2 Å². The average Bonchev–Trinajstić information content (AvgIpc) is 3.54. The molecule has 0 spiro atoms. The molecule has 2 aromatic heterocycles. The van der Waals surface area contributed by atoms with E-state index in [1.54, 1.807) is 24.3 Å². The molecule has 182 valence electrons. The van der Waals surface area contributed by atoms with Crippen molar-refractivity contribution in [1.29, 1.82) is 0 Å². The highest BCUT2D eigenvalue weighted by molar-refractivity contribution is 7.89. The van der Waals surface area contributed by atoms with Crippen LogP contribution in [0.25, 0.3) is 11.0 Å². The molecule has 1 aliphatic heterocycles. The lowest BCUT2D eigenvalue weighted by Crippen LogP contribution is -2.35. The first-order valence-electron chi connectivity index (χ1n) is 11.5. The van der Waals surface area contributed by atoms with Crippen LogP contribution in [0.15, 0.2) is 70.2 Å². The van der Waals surface area contributed by atoms with Crippen LogP contribution in [0.5, 0.6) is 5.75 Å². The average molecular weight is 495 g/mol. The highest BCUT2D eigenvalue weighted by Gasteiger charge is 2.30. The first-order valence-corrected chi connectivity index (χ1v) is 13.0. The summed E-state index contributed by atoms with van der Waals surface area (Å²) in [5.41, 5.74) is 2.47. The molecular formula is C25H26N4O5S. The first-order chi connectivity index (χ1) is 16.9. The second-order valence-electron chi connectivity index (χ2n) is 8.62. The fourth-order valence-electron chi connectivity index (χ4n) is 4.26. The second-order valence-corrected chi connectivity index (χ2v) is 10.5. The van der Waals surface area contributed by atoms with Crippen molar-refractivity contribution in [3.8, 4) is 5.75 Å². The number of amides is 1. The normalized spacial score (nSPS) is 15.8. The maximum Gasteiger partial charge on any atom is 0.287 e. The molecule has 1 saturated heterocycles. The number of nitrogens with zero attached hydrogens (tertiary/aromatic N) is 2. The van der Waals surface area contributed by atoms with Gasteiger partial charge in [-0.2, -0.15) is 4.31 Å². The number of aromatic nitrogens is 2. The zero-order valence-corrected chi connectivity index (χ0v) is 19.8. The molecule has 3 N–H and O–H groups in total. The SMILES string of the molecule is O=C(N[C@H](Cc1ccc(O)cc1)c1nc2ccccc2[nH]1)c1ccc(S(=O)(=O)N2CCCCC2)o1. The Balaban J connectivity index is 1.40. The van der Waals surface area contributed by atoms with Crippen molar-refractivity contribution in [2.75, 3.05) is 13.1 Å². The third kappa shape index (κ3) is 4.94. The molecule has 1 fully saturated rings. The molecule has 35 heavy (non-hydrogen) atoms. The Hall–Kier alpha value is -3.63. The molecule has 0 aliphatic carbocycles. The minimum Gasteiger partial charge on any atom is -0.508 e. The van der Waals surface area contributed by atoms with Crippen LogP contribution in [0, 0.1) is 0 Å². The molecule has 4 aromatic rings. The van der Waals surface area contributed by atoms with Gasteiger partial charge in [0.1, 0.15) is 11.6 Å². The van der Waals surface area contributed by atoms with E-state index >= 15 is 0 Å². The summed E-state index contributed by atoms with van der Waals surface area (Å²) in [6, 6.07) is 16.4. The van der Waals surface area contributed by atoms with Crippen molar-refractivity contribution in [2.45, 2.75) is 36.8 Å². The van der Waals surface area contributed by atoms with Gasteiger partial charge in [0, 0.05) is 13.1 Å². The monoisotopic (exact) mass is 494 g/mol. The van der Waals surface area contributed by atoms with Gasteiger partial charge in [-0.1, -0.05) is 30.7 Å². The number of phenolic OH excluding ortho intramolecular Hbond substituents is 1. The number of benzene rings is 2. The highest BCUT2D eigenvalue weighted by atomic mass is 32.2. The third-order valence-corrected chi connectivity index (χ3v) is 7.91. The summed E-state index contributed by atoms with van der Waals surface area (Å²) in [5.74, 6) is 0.0678. The topological polar surface area (TPSA) is 129 Å². The van der Waals surface area contributed by atoms with E-state index in [-0.39, 0.29) is 16.6 Å². The van der Waals surface area contributed by atoms with Gasteiger partial charge in [0.15, 0.2) is 5.76 Å². The van der Waals surface area contributed by atoms with Crippen LogP contribution in [0.4, 0.5) is 0 Å². The summed E-state index contributed by atoms with van der Waals surface area (Å²) in [4.78, 5) is 21.0. The maximum absolute atomic E-state index is 13.1. The van der Waals surface area contributed by atoms with E-state index in [1.165, 1.54) is 16.4 Å². The summed E-state index contributed by atoms with van der Waals surface area (Å²) in [5, 5.41) is 12.3. The number of sulfonamides is 1. The lowest BCUT2D eigenvalue weighted by Gasteiger charge is -2.24. The zero-order valence-electron chi connectivity index (χ0n) is 19.0. The van der Waals surface area contributed by atoms with E-state index < -0.39 is 22.0 Å². The largest absolute Gasteiger partial charge is 0.508 e. The number of carbonyl (C=O) groups excluding carboxylic acids is 1. The Morgan fingerprint density at radius 1 is 1.06 bits per heavy atom. The Labute approximate surface area is 202 Å². The number of aromatic amines is 1. The standard InChI is InChI=1S/C25H26N4O5S/c30-18-10-8-17(9-11-18)16-21(24-26-19-6-2-3-7-20(19)27-24)28-25(31)22-12-13-23(34-22)35(32,33)29-14-4-1-5-15-29/h2-3,6-13,21,30H,1,4-5,14-16H2,(H,26,27)(H,28,31)/t21-/m1/s1. The number of hydrogen-bond donors (Lipinski definition) is 3. The van der Waals surface area contributed by atoms with Crippen molar-refractivity contribution >= 4 is 27.0 Å². The van der Waals surface area contributed by atoms with Crippen molar-refractivity contribution in [1.82, 2.24) is 19.6 Å². The molecule has 1 amide bonds. The maximum atomic E-state index is 13.1. The van der Waals surface area contributed by atoms with Gasteiger partial charge in [-0.15, -0.1) is 0 Å². The van der Waals surface area contributed by atoms with Gasteiger partial charge >= 0.3 is 0 Å². The highest BCUT2D eigenvalue weighted by Crippen LogP contribution is 2.25. The van der Waals surface area contributed by atoms with Gasteiger partial charge in [-0.25, -0.2) is 13.4 Å². The summed E-state index contributed by atoms with van der Waals surface area (Å²) in [6.07, 6.45) is 3.01. The van der Waals surface area contributed by atoms with Crippen LogP contribution in [0.3, 0.4) is 0 Å². The molecule has 5 rings (SSSR count). The molecule has 0 bridgehead atoms. The van der Waals surface area contributed by atoms with E-state index in [0.29, 0.717) is 25.3 Å². The van der Waals surface area contributed by atoms with Gasteiger partial charge in [0.05, 0.1) is 17.1 Å². The number of hydrogen-bond acceptors (Lipinski definition) is 6. The molecular weight excluding hydrogens is 468 g/mol. The van der Waals surface area contributed by atoms with Crippen LogP contribution < -0.4 is 5.32 Å².